The van der Waals surface area contributed by atoms with Gasteiger partial charge in [0.2, 0.25) is 15.9 Å². The van der Waals surface area contributed by atoms with Crippen LogP contribution in [0.3, 0.4) is 0 Å². The lowest BCUT2D eigenvalue weighted by molar-refractivity contribution is -0.121. The van der Waals surface area contributed by atoms with Crippen LogP contribution in [-0.2, 0) is 14.8 Å². The van der Waals surface area contributed by atoms with Gasteiger partial charge in [0.15, 0.2) is 0 Å². The van der Waals surface area contributed by atoms with Gasteiger partial charge in [-0.25, -0.2) is 13.1 Å². The van der Waals surface area contributed by atoms with Gasteiger partial charge in [0.25, 0.3) is 0 Å². The molecule has 0 fully saturated rings. The van der Waals surface area contributed by atoms with Crippen LogP contribution >= 0.6 is 11.3 Å². The zero-order valence-electron chi connectivity index (χ0n) is 11.5. The maximum absolute atomic E-state index is 11.8. The Morgan fingerprint density at radius 1 is 1.45 bits per heavy atom. The molecule has 0 radical (unpaired) electrons. The van der Waals surface area contributed by atoms with Gasteiger partial charge in [-0.05, 0) is 24.3 Å². The van der Waals surface area contributed by atoms with Gasteiger partial charge in [-0.15, -0.1) is 11.3 Å². The molecular formula is C12H20N2O4S2. The molecule has 3 N–H and O–H groups in total. The molecule has 0 aromatic carbocycles. The van der Waals surface area contributed by atoms with E-state index in [2.05, 4.69) is 10.0 Å². The Bertz CT molecular complexity index is 514. The smallest absolute Gasteiger partial charge is 0.250 e. The normalized spacial score (nSPS) is 14.8. The average molecular weight is 320 g/mol. The first-order valence-corrected chi connectivity index (χ1v) is 8.66. The van der Waals surface area contributed by atoms with E-state index >= 15 is 0 Å². The van der Waals surface area contributed by atoms with Crippen LogP contribution in [0.5, 0.6) is 0 Å². The van der Waals surface area contributed by atoms with E-state index in [4.69, 9.17) is 5.11 Å². The number of amides is 1. The first-order valence-electron chi connectivity index (χ1n) is 6.30. The molecule has 0 spiro atoms. The van der Waals surface area contributed by atoms with Crippen molar-refractivity contribution < 1.29 is 18.3 Å². The van der Waals surface area contributed by atoms with E-state index in [-0.39, 0.29) is 41.6 Å². The summed E-state index contributed by atoms with van der Waals surface area (Å²) in [6, 6.07) is 3.02. The van der Waals surface area contributed by atoms with Crippen molar-refractivity contribution in [3.8, 4) is 0 Å². The summed E-state index contributed by atoms with van der Waals surface area (Å²) in [5, 5.41) is 13.4. The minimum absolute atomic E-state index is 0.00749. The zero-order valence-corrected chi connectivity index (χ0v) is 13.1. The largest absolute Gasteiger partial charge is 0.396 e. The highest BCUT2D eigenvalue weighted by Gasteiger charge is 2.16. The molecule has 1 amide bonds. The molecule has 0 aliphatic heterocycles. The van der Waals surface area contributed by atoms with Crippen molar-refractivity contribution in [2.45, 2.75) is 30.5 Å². The summed E-state index contributed by atoms with van der Waals surface area (Å²) in [6.07, 6.45) is 0.0626. The zero-order chi connectivity index (χ0) is 15.2. The number of rotatable bonds is 8. The number of nitrogens with one attached hydrogen (secondary N) is 2. The Kier molecular flexibility index (Phi) is 6.60. The van der Waals surface area contributed by atoms with E-state index in [0.717, 1.165) is 11.3 Å². The van der Waals surface area contributed by atoms with E-state index in [0.29, 0.717) is 0 Å². The Hall–Kier alpha value is -0.960. The lowest BCUT2D eigenvalue weighted by atomic mass is 10.1. The number of sulfonamides is 1. The number of thiophene rings is 1. The molecule has 0 bridgehead atoms. The highest BCUT2D eigenvalue weighted by Crippen LogP contribution is 2.14. The van der Waals surface area contributed by atoms with Crippen LogP contribution in [0, 0.1) is 5.92 Å². The summed E-state index contributed by atoms with van der Waals surface area (Å²) in [5.74, 6) is -0.284. The lowest BCUT2D eigenvalue weighted by Crippen LogP contribution is -2.39. The predicted molar refractivity (Wildman–Crippen MR) is 78.0 cm³/mol. The standard InChI is InChI=1S/C12H20N2O4S2/c1-9(8-15)10(2)14-11(16)5-6-13-20(17,18)12-4-3-7-19-12/h3-4,7,9-10,13,15H,5-6,8H2,1-2H3,(H,14,16). The van der Waals surface area contributed by atoms with Crippen LogP contribution in [-0.4, -0.2) is 38.6 Å². The molecule has 2 unspecified atom stereocenters. The molecule has 0 aliphatic rings. The Balaban J connectivity index is 2.36. The third-order valence-electron chi connectivity index (χ3n) is 2.93. The third kappa shape index (κ3) is 5.20. The van der Waals surface area contributed by atoms with E-state index in [1.165, 1.54) is 6.07 Å². The van der Waals surface area contributed by atoms with Crippen LogP contribution in [0.2, 0.25) is 0 Å². The fraction of sp³-hybridized carbons (Fsp3) is 0.583. The van der Waals surface area contributed by atoms with Crippen LogP contribution in [0.25, 0.3) is 0 Å². The number of aliphatic hydroxyl groups excluding tert-OH is 1. The molecule has 1 rings (SSSR count). The fourth-order valence-corrected chi connectivity index (χ4v) is 3.48. The highest BCUT2D eigenvalue weighted by molar-refractivity contribution is 7.91. The number of hydrogen-bond acceptors (Lipinski definition) is 5. The van der Waals surface area contributed by atoms with Crippen molar-refractivity contribution in [3.63, 3.8) is 0 Å². The fourth-order valence-electron chi connectivity index (χ4n) is 1.41. The summed E-state index contributed by atoms with van der Waals surface area (Å²) in [6.45, 7) is 3.66. The predicted octanol–water partition coefficient (Wildman–Crippen LogP) is 0.550. The van der Waals surface area contributed by atoms with Gasteiger partial charge in [0.1, 0.15) is 4.21 Å². The van der Waals surface area contributed by atoms with Crippen LogP contribution < -0.4 is 10.0 Å². The second-order valence-corrected chi connectivity index (χ2v) is 7.54. The first-order chi connectivity index (χ1) is 9.36. The van der Waals surface area contributed by atoms with Crippen LogP contribution in [0.15, 0.2) is 21.7 Å². The van der Waals surface area contributed by atoms with Gasteiger partial charge in [0.05, 0.1) is 0 Å². The first kappa shape index (κ1) is 17.1. The number of carbonyl (C=O) groups excluding carboxylic acids is 1. The molecule has 1 heterocycles. The van der Waals surface area contributed by atoms with E-state index in [1.54, 1.807) is 18.4 Å². The molecule has 0 saturated heterocycles. The van der Waals surface area contributed by atoms with Gasteiger partial charge in [-0.1, -0.05) is 13.0 Å². The van der Waals surface area contributed by atoms with Crippen molar-refractivity contribution in [1.82, 2.24) is 10.0 Å². The van der Waals surface area contributed by atoms with Gasteiger partial charge in [-0.3, -0.25) is 4.79 Å². The Morgan fingerprint density at radius 2 is 2.15 bits per heavy atom. The van der Waals surface area contributed by atoms with Crippen LogP contribution in [0.1, 0.15) is 20.3 Å². The molecule has 20 heavy (non-hydrogen) atoms. The van der Waals surface area contributed by atoms with Crippen molar-refractivity contribution in [2.75, 3.05) is 13.2 Å². The lowest BCUT2D eigenvalue weighted by Gasteiger charge is -2.19. The Morgan fingerprint density at radius 3 is 2.70 bits per heavy atom. The quantitative estimate of drug-likeness (QED) is 0.652. The summed E-state index contributed by atoms with van der Waals surface area (Å²) < 4.78 is 26.2. The summed E-state index contributed by atoms with van der Waals surface area (Å²) in [4.78, 5) is 11.6. The topological polar surface area (TPSA) is 95.5 Å². The number of aliphatic hydroxyl groups is 1. The Labute approximate surface area is 123 Å². The van der Waals surface area contributed by atoms with Crippen molar-refractivity contribution in [3.05, 3.63) is 17.5 Å². The van der Waals surface area contributed by atoms with Gasteiger partial charge in [0, 0.05) is 25.6 Å². The van der Waals surface area contributed by atoms with Gasteiger partial charge < -0.3 is 10.4 Å². The van der Waals surface area contributed by atoms with E-state index in [9.17, 15) is 13.2 Å². The minimum Gasteiger partial charge on any atom is -0.396 e. The highest BCUT2D eigenvalue weighted by atomic mass is 32.2. The minimum atomic E-state index is -3.51. The molecule has 2 atom stereocenters. The van der Waals surface area contributed by atoms with Gasteiger partial charge in [-0.2, -0.15) is 0 Å². The summed E-state index contributed by atoms with van der Waals surface area (Å²) in [7, 11) is -3.51. The van der Waals surface area contributed by atoms with Crippen molar-refractivity contribution in [2.24, 2.45) is 5.92 Å². The molecule has 8 heteroatoms. The third-order valence-corrected chi connectivity index (χ3v) is 5.79. The van der Waals surface area contributed by atoms with Crippen LogP contribution in [0.4, 0.5) is 0 Å². The monoisotopic (exact) mass is 320 g/mol. The molecule has 6 nitrogen and oxygen atoms in total. The molecule has 1 aromatic heterocycles. The summed E-state index contributed by atoms with van der Waals surface area (Å²) in [5.41, 5.74) is 0. The number of carbonyl (C=O) groups is 1. The van der Waals surface area contributed by atoms with Gasteiger partial charge >= 0.3 is 0 Å². The van der Waals surface area contributed by atoms with Crippen molar-refractivity contribution >= 4 is 27.3 Å². The maximum Gasteiger partial charge on any atom is 0.250 e. The summed E-state index contributed by atoms with van der Waals surface area (Å²) >= 11 is 1.13. The van der Waals surface area contributed by atoms with Crippen molar-refractivity contribution in [1.29, 1.82) is 0 Å². The van der Waals surface area contributed by atoms with E-state index < -0.39 is 10.0 Å². The molecule has 114 valence electrons. The second-order valence-electron chi connectivity index (χ2n) is 4.60. The molecule has 1 aromatic rings. The second kappa shape index (κ2) is 7.72. The molecular weight excluding hydrogens is 300 g/mol. The average Bonchev–Trinajstić information content (AvgIpc) is 2.92. The SMILES string of the molecule is CC(CO)C(C)NC(=O)CCNS(=O)(=O)c1cccs1. The van der Waals surface area contributed by atoms with E-state index in [1.807, 2.05) is 6.92 Å². The molecule has 0 saturated carbocycles. The number of hydrogen-bond donors (Lipinski definition) is 3. The molecule has 0 aliphatic carbocycles. The maximum atomic E-state index is 11.8.